The number of aryl methyl sites for hydroxylation is 3. The van der Waals surface area contributed by atoms with E-state index in [1.165, 1.54) is 10.8 Å². The number of anilines is 1. The lowest BCUT2D eigenvalue weighted by Crippen LogP contribution is -2.30. The molecule has 0 bridgehead atoms. The van der Waals surface area contributed by atoms with E-state index in [0.717, 1.165) is 36.0 Å². The number of aromatic amines is 1. The number of aromatic nitrogens is 4. The number of hydrogen-bond acceptors (Lipinski definition) is 4. The first-order chi connectivity index (χ1) is 13.0. The van der Waals surface area contributed by atoms with E-state index >= 15 is 0 Å². The van der Waals surface area contributed by atoms with Crippen molar-refractivity contribution < 1.29 is 0 Å². The number of nitrogen functional groups attached to an aromatic ring is 1. The summed E-state index contributed by atoms with van der Waals surface area (Å²) in [5.74, 6) is 0. The zero-order chi connectivity index (χ0) is 19.1. The summed E-state index contributed by atoms with van der Waals surface area (Å²) in [5.41, 5.74) is 9.21. The predicted octanol–water partition coefficient (Wildman–Crippen LogP) is 0.746. The number of H-pyrrole nitrogens is 1. The smallest absolute Gasteiger partial charge is 0.329 e. The normalized spacial score (nSPS) is 13.7. The van der Waals surface area contributed by atoms with Crippen LogP contribution in [0.3, 0.4) is 0 Å². The van der Waals surface area contributed by atoms with Gasteiger partial charge in [0.15, 0.2) is 0 Å². The SMILES string of the molecule is Cc1cn(C/C=C\Cn2c(=O)n3c4c(cc(N)cc42)CCC3)c(=O)[nH]c1=O. The Morgan fingerprint density at radius 2 is 1.96 bits per heavy atom. The van der Waals surface area contributed by atoms with E-state index in [1.807, 2.05) is 28.9 Å². The molecule has 0 radical (unpaired) electrons. The van der Waals surface area contributed by atoms with Gasteiger partial charge in [-0.2, -0.15) is 0 Å². The van der Waals surface area contributed by atoms with Crippen LogP contribution in [0.5, 0.6) is 0 Å². The van der Waals surface area contributed by atoms with E-state index < -0.39 is 5.69 Å². The van der Waals surface area contributed by atoms with Crippen molar-refractivity contribution in [2.75, 3.05) is 5.73 Å². The molecule has 0 fully saturated rings. The van der Waals surface area contributed by atoms with Gasteiger partial charge in [0.1, 0.15) is 0 Å². The number of allylic oxidation sites excluding steroid dienone is 2. The minimum absolute atomic E-state index is 0.0433. The van der Waals surface area contributed by atoms with Gasteiger partial charge in [-0.1, -0.05) is 12.2 Å². The van der Waals surface area contributed by atoms with Crippen molar-refractivity contribution in [3.63, 3.8) is 0 Å². The van der Waals surface area contributed by atoms with Crippen LogP contribution in [0.4, 0.5) is 5.69 Å². The van der Waals surface area contributed by atoms with Crippen LogP contribution in [0.25, 0.3) is 11.0 Å². The van der Waals surface area contributed by atoms with Gasteiger partial charge in [-0.05, 0) is 37.5 Å². The Hall–Kier alpha value is -3.29. The Balaban J connectivity index is 1.64. The predicted molar refractivity (Wildman–Crippen MR) is 104 cm³/mol. The zero-order valence-electron chi connectivity index (χ0n) is 15.1. The monoisotopic (exact) mass is 367 g/mol. The van der Waals surface area contributed by atoms with Crippen molar-refractivity contribution in [3.8, 4) is 0 Å². The third kappa shape index (κ3) is 2.92. The number of rotatable bonds is 4. The third-order valence-corrected chi connectivity index (χ3v) is 4.99. The molecule has 0 atom stereocenters. The first-order valence-corrected chi connectivity index (χ1v) is 8.92. The molecule has 0 saturated carbocycles. The molecule has 27 heavy (non-hydrogen) atoms. The highest BCUT2D eigenvalue weighted by Crippen LogP contribution is 2.26. The summed E-state index contributed by atoms with van der Waals surface area (Å²) in [6.45, 7) is 3.07. The molecule has 3 N–H and O–H groups in total. The maximum Gasteiger partial charge on any atom is 0.329 e. The number of nitrogens with zero attached hydrogens (tertiary/aromatic N) is 3. The van der Waals surface area contributed by atoms with E-state index in [1.54, 1.807) is 11.5 Å². The summed E-state index contributed by atoms with van der Waals surface area (Å²) in [5, 5.41) is 0. The zero-order valence-corrected chi connectivity index (χ0v) is 15.1. The maximum atomic E-state index is 12.8. The highest BCUT2D eigenvalue weighted by molar-refractivity contribution is 5.84. The fraction of sp³-hybridized carbons (Fsp3) is 0.316. The molecule has 0 spiro atoms. The van der Waals surface area contributed by atoms with Gasteiger partial charge >= 0.3 is 11.4 Å². The van der Waals surface area contributed by atoms with Gasteiger partial charge < -0.3 is 5.73 Å². The Morgan fingerprint density at radius 3 is 2.78 bits per heavy atom. The molecule has 1 aromatic carbocycles. The first-order valence-electron chi connectivity index (χ1n) is 8.92. The van der Waals surface area contributed by atoms with Gasteiger partial charge in [-0.25, -0.2) is 9.59 Å². The second-order valence-corrected chi connectivity index (χ2v) is 6.89. The van der Waals surface area contributed by atoms with Crippen LogP contribution in [0.1, 0.15) is 17.5 Å². The van der Waals surface area contributed by atoms with Gasteiger partial charge in [0.05, 0.1) is 11.0 Å². The molecule has 1 aliphatic rings. The highest BCUT2D eigenvalue weighted by atomic mass is 16.2. The molecule has 140 valence electrons. The molecule has 1 aliphatic heterocycles. The fourth-order valence-corrected chi connectivity index (χ4v) is 3.69. The van der Waals surface area contributed by atoms with Crippen LogP contribution < -0.4 is 22.7 Å². The van der Waals surface area contributed by atoms with Crippen LogP contribution in [-0.4, -0.2) is 18.7 Å². The number of nitrogens with two attached hydrogens (primary N) is 1. The summed E-state index contributed by atoms with van der Waals surface area (Å²) in [6.07, 6.45) is 7.04. The molecule has 0 aliphatic carbocycles. The number of hydrogen-bond donors (Lipinski definition) is 2. The molecular weight excluding hydrogens is 346 g/mol. The van der Waals surface area contributed by atoms with Gasteiger partial charge in [0, 0.05) is 37.1 Å². The van der Waals surface area contributed by atoms with Crippen LogP contribution in [0, 0.1) is 6.92 Å². The standard InChI is InChI=1S/C19H21N5O3/c1-12-11-22(18(26)21-17(12)25)6-2-3-7-23-15-10-14(20)9-13-5-4-8-24(16(13)15)19(23)27/h2-3,9-11H,4-8,20H2,1H3,(H,21,25,26)/b3-2-. The summed E-state index contributed by atoms with van der Waals surface area (Å²) >= 11 is 0. The van der Waals surface area contributed by atoms with E-state index in [4.69, 9.17) is 5.73 Å². The molecule has 0 saturated heterocycles. The van der Waals surface area contributed by atoms with E-state index in [-0.39, 0.29) is 11.2 Å². The Kier molecular flexibility index (Phi) is 4.10. The van der Waals surface area contributed by atoms with Gasteiger partial charge in [-0.15, -0.1) is 0 Å². The third-order valence-electron chi connectivity index (χ3n) is 4.99. The maximum absolute atomic E-state index is 12.8. The fourth-order valence-electron chi connectivity index (χ4n) is 3.69. The van der Waals surface area contributed by atoms with Crippen molar-refractivity contribution in [1.29, 1.82) is 0 Å². The summed E-state index contributed by atoms with van der Waals surface area (Å²) < 4.78 is 4.94. The van der Waals surface area contributed by atoms with Crippen molar-refractivity contribution in [2.24, 2.45) is 0 Å². The van der Waals surface area contributed by atoms with Crippen LogP contribution in [0.15, 0.2) is 44.9 Å². The summed E-state index contributed by atoms with van der Waals surface area (Å²) in [7, 11) is 0. The molecule has 8 heteroatoms. The Bertz CT molecular complexity index is 1240. The van der Waals surface area contributed by atoms with Crippen LogP contribution in [0.2, 0.25) is 0 Å². The van der Waals surface area contributed by atoms with Gasteiger partial charge in [0.2, 0.25) is 0 Å². The van der Waals surface area contributed by atoms with Crippen LogP contribution in [-0.2, 0) is 26.1 Å². The van der Waals surface area contributed by atoms with Crippen molar-refractivity contribution in [2.45, 2.75) is 39.4 Å². The Labute approximate surface area is 154 Å². The molecule has 3 aromatic rings. The topological polar surface area (TPSA) is 108 Å². The summed E-state index contributed by atoms with van der Waals surface area (Å²) in [4.78, 5) is 38.3. The average Bonchev–Trinajstić information content (AvgIpc) is 2.89. The molecule has 0 unspecified atom stereocenters. The average molecular weight is 367 g/mol. The van der Waals surface area contributed by atoms with E-state index in [0.29, 0.717) is 24.3 Å². The number of benzene rings is 1. The Morgan fingerprint density at radius 1 is 1.19 bits per heavy atom. The van der Waals surface area contributed by atoms with E-state index in [9.17, 15) is 14.4 Å². The molecule has 8 nitrogen and oxygen atoms in total. The second-order valence-electron chi connectivity index (χ2n) is 6.89. The van der Waals surface area contributed by atoms with Crippen LogP contribution >= 0.6 is 0 Å². The molecule has 2 aromatic heterocycles. The van der Waals surface area contributed by atoms with Crippen molar-refractivity contribution in [1.82, 2.24) is 18.7 Å². The number of imidazole rings is 1. The summed E-state index contributed by atoms with van der Waals surface area (Å²) in [6, 6.07) is 3.79. The lowest BCUT2D eigenvalue weighted by atomic mass is 10.0. The molecular formula is C19H21N5O3. The van der Waals surface area contributed by atoms with E-state index in [2.05, 4.69) is 4.98 Å². The van der Waals surface area contributed by atoms with Gasteiger partial charge in [0.25, 0.3) is 5.56 Å². The molecule has 3 heterocycles. The second kappa shape index (κ2) is 6.46. The largest absolute Gasteiger partial charge is 0.399 e. The van der Waals surface area contributed by atoms with Gasteiger partial charge in [-0.3, -0.25) is 23.5 Å². The first kappa shape index (κ1) is 17.1. The lowest BCUT2D eigenvalue weighted by molar-refractivity contribution is 0.597. The molecule has 4 rings (SSSR count). The van der Waals surface area contributed by atoms with Crippen molar-refractivity contribution in [3.05, 3.63) is 72.9 Å². The highest BCUT2D eigenvalue weighted by Gasteiger charge is 2.19. The van der Waals surface area contributed by atoms with Crippen molar-refractivity contribution >= 4 is 16.7 Å². The number of nitrogens with one attached hydrogen (secondary N) is 1. The minimum Gasteiger partial charge on any atom is -0.399 e. The minimum atomic E-state index is -0.452. The molecule has 0 amide bonds. The lowest BCUT2D eigenvalue weighted by Gasteiger charge is -2.14. The quantitative estimate of drug-likeness (QED) is 0.524.